The Kier molecular flexibility index (Phi) is 5.91. The molecule has 1 aliphatic carbocycles. The van der Waals surface area contributed by atoms with Gasteiger partial charge < -0.3 is 10.6 Å². The summed E-state index contributed by atoms with van der Waals surface area (Å²) >= 11 is 3.61. The van der Waals surface area contributed by atoms with Gasteiger partial charge in [-0.15, -0.1) is 0 Å². The largest absolute Gasteiger partial charge is 0.351 e. The minimum atomic E-state index is 0.459. The first kappa shape index (κ1) is 18.9. The number of nitrogens with one attached hydrogen (secondary N) is 2. The number of aromatic nitrogens is 2. The molecule has 0 aliphatic heterocycles. The van der Waals surface area contributed by atoms with E-state index in [1.54, 1.807) is 0 Å². The Morgan fingerprint density at radius 2 is 1.71 bits per heavy atom. The molecule has 5 heteroatoms. The molecule has 28 heavy (non-hydrogen) atoms. The molecule has 0 spiro atoms. The van der Waals surface area contributed by atoms with Crippen LogP contribution >= 0.6 is 15.9 Å². The van der Waals surface area contributed by atoms with Crippen LogP contribution in [0.25, 0.3) is 11.3 Å². The van der Waals surface area contributed by atoms with Crippen molar-refractivity contribution in [3.05, 3.63) is 64.6 Å². The number of hydrogen-bond acceptors (Lipinski definition) is 4. The zero-order chi connectivity index (χ0) is 19.3. The highest BCUT2D eigenvalue weighted by molar-refractivity contribution is 9.10. The fourth-order valence-electron chi connectivity index (χ4n) is 3.64. The predicted octanol–water partition coefficient (Wildman–Crippen LogP) is 6.70. The summed E-state index contributed by atoms with van der Waals surface area (Å²) < 4.78 is 1.08. The van der Waals surface area contributed by atoms with Crippen LogP contribution < -0.4 is 10.6 Å². The quantitative estimate of drug-likeness (QED) is 0.466. The number of benzene rings is 2. The molecule has 0 radical (unpaired) electrons. The van der Waals surface area contributed by atoms with E-state index >= 15 is 0 Å². The van der Waals surface area contributed by atoms with Gasteiger partial charge in [-0.1, -0.05) is 71.6 Å². The molecule has 2 N–H and O–H groups in total. The van der Waals surface area contributed by atoms with E-state index in [9.17, 15) is 0 Å². The van der Waals surface area contributed by atoms with Gasteiger partial charge in [-0.2, -0.15) is 4.98 Å². The number of rotatable bonds is 5. The molecule has 4 rings (SSSR count). The lowest BCUT2D eigenvalue weighted by Gasteiger charge is -2.23. The van der Waals surface area contributed by atoms with Crippen LogP contribution in [-0.2, 0) is 0 Å². The van der Waals surface area contributed by atoms with E-state index < -0.39 is 0 Å². The molecule has 3 aromatic rings. The average molecular weight is 437 g/mol. The molecule has 1 aliphatic rings. The second kappa shape index (κ2) is 8.74. The number of hydrogen-bond donors (Lipinski definition) is 2. The fourth-order valence-corrected chi connectivity index (χ4v) is 4.01. The van der Waals surface area contributed by atoms with Gasteiger partial charge in [-0.25, -0.2) is 4.98 Å². The Bertz CT molecular complexity index is 937. The molecular formula is C23H25BrN4. The maximum atomic E-state index is 4.81. The van der Waals surface area contributed by atoms with Crippen molar-refractivity contribution in [3.8, 4) is 11.3 Å². The van der Waals surface area contributed by atoms with Crippen LogP contribution in [0.5, 0.6) is 0 Å². The smallest absolute Gasteiger partial charge is 0.225 e. The van der Waals surface area contributed by atoms with Crippen LogP contribution in [0.3, 0.4) is 0 Å². The van der Waals surface area contributed by atoms with Crippen molar-refractivity contribution in [2.45, 2.75) is 45.1 Å². The van der Waals surface area contributed by atoms with Crippen molar-refractivity contribution in [2.75, 3.05) is 10.6 Å². The number of halogens is 1. The van der Waals surface area contributed by atoms with Crippen LogP contribution in [0.2, 0.25) is 0 Å². The molecule has 1 saturated carbocycles. The maximum absolute atomic E-state index is 4.81. The van der Waals surface area contributed by atoms with Crippen molar-refractivity contribution >= 4 is 33.4 Å². The van der Waals surface area contributed by atoms with Crippen LogP contribution in [0.4, 0.5) is 17.5 Å². The van der Waals surface area contributed by atoms with Crippen LogP contribution in [0.1, 0.15) is 37.7 Å². The first-order valence-corrected chi connectivity index (χ1v) is 10.7. The fraction of sp³-hybridized carbons (Fsp3) is 0.304. The van der Waals surface area contributed by atoms with E-state index in [1.807, 2.05) is 36.4 Å². The molecule has 1 heterocycles. The van der Waals surface area contributed by atoms with E-state index in [1.165, 1.54) is 32.1 Å². The van der Waals surface area contributed by atoms with Crippen LogP contribution in [0, 0.1) is 6.92 Å². The molecule has 0 unspecified atom stereocenters. The third-order valence-corrected chi connectivity index (χ3v) is 6.12. The monoisotopic (exact) mass is 436 g/mol. The van der Waals surface area contributed by atoms with E-state index in [0.29, 0.717) is 12.0 Å². The van der Waals surface area contributed by atoms with Crippen molar-refractivity contribution < 1.29 is 0 Å². The predicted molar refractivity (Wildman–Crippen MR) is 120 cm³/mol. The zero-order valence-electron chi connectivity index (χ0n) is 16.1. The Morgan fingerprint density at radius 1 is 0.929 bits per heavy atom. The molecule has 0 amide bonds. The molecule has 0 atom stereocenters. The van der Waals surface area contributed by atoms with Gasteiger partial charge in [0.05, 0.1) is 5.69 Å². The highest BCUT2D eigenvalue weighted by Crippen LogP contribution is 2.29. The van der Waals surface area contributed by atoms with E-state index in [4.69, 9.17) is 9.97 Å². The second-order valence-corrected chi connectivity index (χ2v) is 8.20. The molecule has 1 fully saturated rings. The highest BCUT2D eigenvalue weighted by atomic mass is 79.9. The Hall–Kier alpha value is -2.40. The third-order valence-electron chi connectivity index (χ3n) is 5.26. The van der Waals surface area contributed by atoms with Gasteiger partial charge in [-0.05, 0) is 37.5 Å². The van der Waals surface area contributed by atoms with Gasteiger partial charge in [0, 0.05) is 27.8 Å². The topological polar surface area (TPSA) is 49.8 Å². The Balaban J connectivity index is 1.68. The molecule has 0 bridgehead atoms. The van der Waals surface area contributed by atoms with Gasteiger partial charge in [0.1, 0.15) is 5.82 Å². The van der Waals surface area contributed by atoms with Gasteiger partial charge in [0.25, 0.3) is 0 Å². The first-order valence-electron chi connectivity index (χ1n) is 9.92. The highest BCUT2D eigenvalue weighted by Gasteiger charge is 2.16. The van der Waals surface area contributed by atoms with E-state index in [2.05, 4.69) is 51.7 Å². The summed E-state index contributed by atoms with van der Waals surface area (Å²) in [6, 6.07) is 18.9. The summed E-state index contributed by atoms with van der Waals surface area (Å²) in [5.74, 6) is 1.50. The van der Waals surface area contributed by atoms with Gasteiger partial charge in [0.2, 0.25) is 5.95 Å². The number of nitrogens with zero attached hydrogens (tertiary/aromatic N) is 2. The summed E-state index contributed by atoms with van der Waals surface area (Å²) in [6.45, 7) is 2.09. The van der Waals surface area contributed by atoms with Crippen LogP contribution in [-0.4, -0.2) is 16.0 Å². The molecule has 144 valence electrons. The molecule has 1 aromatic heterocycles. The van der Waals surface area contributed by atoms with Gasteiger partial charge in [0.15, 0.2) is 0 Å². The Labute approximate surface area is 175 Å². The summed E-state index contributed by atoms with van der Waals surface area (Å²) in [6.07, 6.45) is 6.26. The lowest BCUT2D eigenvalue weighted by Crippen LogP contribution is -2.23. The minimum absolute atomic E-state index is 0.459. The van der Waals surface area contributed by atoms with Crippen LogP contribution in [0.15, 0.2) is 59.1 Å². The van der Waals surface area contributed by atoms with Crippen molar-refractivity contribution in [2.24, 2.45) is 0 Å². The zero-order valence-corrected chi connectivity index (χ0v) is 17.7. The normalized spacial score (nSPS) is 14.6. The lowest BCUT2D eigenvalue weighted by molar-refractivity contribution is 0.461. The second-order valence-electron chi connectivity index (χ2n) is 7.34. The Morgan fingerprint density at radius 3 is 2.50 bits per heavy atom. The van der Waals surface area contributed by atoms with E-state index in [-0.39, 0.29) is 0 Å². The molecule has 0 saturated heterocycles. The van der Waals surface area contributed by atoms with Gasteiger partial charge >= 0.3 is 0 Å². The molecule has 2 aromatic carbocycles. The van der Waals surface area contributed by atoms with E-state index in [0.717, 1.165) is 32.8 Å². The summed E-state index contributed by atoms with van der Waals surface area (Å²) in [4.78, 5) is 9.58. The van der Waals surface area contributed by atoms with Gasteiger partial charge in [-0.3, -0.25) is 0 Å². The number of anilines is 3. The summed E-state index contributed by atoms with van der Waals surface area (Å²) in [7, 11) is 0. The average Bonchev–Trinajstić information content (AvgIpc) is 2.73. The SMILES string of the molecule is Cc1c(Br)cccc1Nc1cc(-c2ccccc2)nc(NC2CCCCC2)n1. The standard InChI is InChI=1S/C23H25BrN4/c1-16-19(24)13-8-14-20(16)26-22-15-21(17-9-4-2-5-10-17)27-23(28-22)25-18-11-6-3-7-12-18/h2,4-5,8-10,13-15,18H,3,6-7,11-12H2,1H3,(H2,25,26,27,28). The van der Waals surface area contributed by atoms with Crippen molar-refractivity contribution in [1.82, 2.24) is 9.97 Å². The minimum Gasteiger partial charge on any atom is -0.351 e. The summed E-state index contributed by atoms with van der Waals surface area (Å²) in [5.41, 5.74) is 4.20. The van der Waals surface area contributed by atoms with Crippen molar-refractivity contribution in [1.29, 1.82) is 0 Å². The molecule has 4 nitrogen and oxygen atoms in total. The lowest BCUT2D eigenvalue weighted by atomic mass is 9.96. The first-order chi connectivity index (χ1) is 13.7. The third kappa shape index (κ3) is 4.53. The summed E-state index contributed by atoms with van der Waals surface area (Å²) in [5, 5.41) is 7.05. The maximum Gasteiger partial charge on any atom is 0.225 e. The van der Waals surface area contributed by atoms with Crippen molar-refractivity contribution in [3.63, 3.8) is 0 Å². The molecular weight excluding hydrogens is 412 g/mol.